The maximum atomic E-state index is 13.2. The fourth-order valence-corrected chi connectivity index (χ4v) is 5.44. The average molecular weight is 510 g/mol. The summed E-state index contributed by atoms with van der Waals surface area (Å²) < 4.78 is 1.05. The van der Waals surface area contributed by atoms with E-state index in [0.717, 1.165) is 16.8 Å². The molecule has 2 aromatic rings. The highest BCUT2D eigenvalue weighted by atomic mass is 16.3. The molecule has 13 nitrogen and oxygen atoms in total. The molecule has 1 atom stereocenters. The number of likely N-dealkylation sites (N-methyl/N-ethyl adjacent to an activating group) is 1. The second kappa shape index (κ2) is 8.69. The van der Waals surface area contributed by atoms with E-state index in [-0.39, 0.29) is 12.0 Å². The summed E-state index contributed by atoms with van der Waals surface area (Å²) >= 11 is 0. The van der Waals surface area contributed by atoms with Crippen LogP contribution in [-0.4, -0.2) is 76.3 Å². The van der Waals surface area contributed by atoms with Crippen LogP contribution in [0.1, 0.15) is 31.0 Å². The molecule has 3 aliphatic heterocycles. The molecule has 2 fully saturated rings. The van der Waals surface area contributed by atoms with E-state index >= 15 is 0 Å². The van der Waals surface area contributed by atoms with E-state index in [9.17, 15) is 29.1 Å². The van der Waals surface area contributed by atoms with E-state index < -0.39 is 52.5 Å². The molecule has 13 heteroatoms. The first kappa shape index (κ1) is 24.4. The van der Waals surface area contributed by atoms with Crippen LogP contribution >= 0.6 is 0 Å². The Labute approximate surface area is 210 Å². The molecular formula is C24H27N7O6. The van der Waals surface area contributed by atoms with Crippen LogP contribution in [0.25, 0.3) is 0 Å². The van der Waals surface area contributed by atoms with Gasteiger partial charge in [0.25, 0.3) is 5.56 Å². The van der Waals surface area contributed by atoms with Gasteiger partial charge in [0.1, 0.15) is 5.56 Å². The number of anilines is 1. The number of benzene rings is 1. The number of rotatable bonds is 3. The van der Waals surface area contributed by atoms with Crippen LogP contribution in [0.4, 0.5) is 16.2 Å². The number of hydrogen-bond donors (Lipinski definition) is 4. The molecule has 4 heterocycles. The molecule has 4 N–H and O–H groups in total. The van der Waals surface area contributed by atoms with Crippen molar-refractivity contribution in [1.29, 1.82) is 0 Å². The van der Waals surface area contributed by atoms with Gasteiger partial charge in [-0.25, -0.2) is 9.59 Å². The maximum absolute atomic E-state index is 13.2. The van der Waals surface area contributed by atoms with Crippen LogP contribution in [0.15, 0.2) is 32.8 Å². The summed E-state index contributed by atoms with van der Waals surface area (Å²) in [4.78, 5) is 73.2. The molecule has 1 aromatic carbocycles. The average Bonchev–Trinajstić information content (AvgIpc) is 2.81. The van der Waals surface area contributed by atoms with Crippen LogP contribution in [0.5, 0.6) is 5.88 Å². The number of amides is 4. The van der Waals surface area contributed by atoms with Gasteiger partial charge in [-0.1, -0.05) is 0 Å². The highest BCUT2D eigenvalue weighted by Gasteiger charge is 2.60. The molecular weight excluding hydrogens is 482 g/mol. The second-order valence-corrected chi connectivity index (χ2v) is 9.89. The number of aliphatic imine (C=N–C) groups is 1. The Kier molecular flexibility index (Phi) is 5.74. The van der Waals surface area contributed by atoms with Gasteiger partial charge in [-0.05, 0) is 51.1 Å². The van der Waals surface area contributed by atoms with Crippen molar-refractivity contribution in [3.05, 3.63) is 50.2 Å². The Balaban J connectivity index is 1.57. The molecule has 0 aliphatic carbocycles. The summed E-state index contributed by atoms with van der Waals surface area (Å²) in [5.74, 6) is -1.78. The third-order valence-corrected chi connectivity index (χ3v) is 7.27. The second-order valence-electron chi connectivity index (χ2n) is 9.89. The molecule has 2 saturated heterocycles. The molecule has 194 valence electrons. The van der Waals surface area contributed by atoms with Gasteiger partial charge in [-0.3, -0.25) is 39.6 Å². The molecule has 4 amide bonds. The quantitative estimate of drug-likeness (QED) is 0.320. The fraction of sp³-hybridized carbons (Fsp3) is 0.417. The number of aromatic nitrogens is 2. The Morgan fingerprint density at radius 2 is 1.81 bits per heavy atom. The molecule has 0 bridgehead atoms. The number of urea groups is 1. The number of piperazine rings is 1. The van der Waals surface area contributed by atoms with Gasteiger partial charge in [0.05, 0.1) is 11.7 Å². The van der Waals surface area contributed by atoms with E-state index in [1.165, 1.54) is 6.21 Å². The number of H-pyrrole nitrogens is 1. The summed E-state index contributed by atoms with van der Waals surface area (Å²) in [6.45, 7) is 5.14. The molecule has 37 heavy (non-hydrogen) atoms. The zero-order valence-corrected chi connectivity index (χ0v) is 20.6. The number of aromatic hydroxyl groups is 1. The largest absolute Gasteiger partial charge is 0.494 e. The Morgan fingerprint density at radius 1 is 1.11 bits per heavy atom. The SMILES string of the molecule is CC(C)n1c(O)c(C=Nc2ccc3c(c2)CC2(C(=O)NC(=O)NC2=O)C2CN(C)CCN32)c(=O)[nH]c1=O. The van der Waals surface area contributed by atoms with Gasteiger partial charge < -0.3 is 14.9 Å². The number of aromatic amines is 1. The third-order valence-electron chi connectivity index (χ3n) is 7.27. The van der Waals surface area contributed by atoms with Crippen molar-refractivity contribution >= 4 is 35.4 Å². The minimum absolute atomic E-state index is 0.0513. The first-order valence-electron chi connectivity index (χ1n) is 11.9. The summed E-state index contributed by atoms with van der Waals surface area (Å²) in [6.07, 6.45) is 1.22. The monoisotopic (exact) mass is 509 g/mol. The van der Waals surface area contributed by atoms with E-state index in [1.807, 2.05) is 22.9 Å². The van der Waals surface area contributed by atoms with Gasteiger partial charge >= 0.3 is 11.7 Å². The zero-order chi connectivity index (χ0) is 26.6. The number of barbiturate groups is 1. The van der Waals surface area contributed by atoms with Crippen LogP contribution in [0.2, 0.25) is 0 Å². The third kappa shape index (κ3) is 3.82. The van der Waals surface area contributed by atoms with Crippen molar-refractivity contribution < 1.29 is 19.5 Å². The number of nitrogens with one attached hydrogen (secondary N) is 3. The number of nitrogens with zero attached hydrogens (tertiary/aromatic N) is 4. The first-order valence-corrected chi connectivity index (χ1v) is 11.9. The number of fused-ring (bicyclic) bond motifs is 4. The minimum atomic E-state index is -1.51. The smallest absolute Gasteiger partial charge is 0.331 e. The van der Waals surface area contributed by atoms with Gasteiger partial charge in [0.15, 0.2) is 5.41 Å². The lowest BCUT2D eigenvalue weighted by Gasteiger charge is -2.53. The number of hydrogen-bond acceptors (Lipinski definition) is 9. The van der Waals surface area contributed by atoms with Crippen molar-refractivity contribution in [2.75, 3.05) is 31.6 Å². The van der Waals surface area contributed by atoms with Gasteiger partial charge in [0.2, 0.25) is 17.7 Å². The lowest BCUT2D eigenvalue weighted by molar-refractivity contribution is -0.147. The zero-order valence-electron chi connectivity index (χ0n) is 20.6. The normalized spacial score (nSPS) is 21.2. The molecule has 0 radical (unpaired) electrons. The summed E-state index contributed by atoms with van der Waals surface area (Å²) in [5.41, 5.74) is -1.24. The molecule has 5 rings (SSSR count). The van der Waals surface area contributed by atoms with Crippen molar-refractivity contribution in [2.45, 2.75) is 32.4 Å². The van der Waals surface area contributed by atoms with Crippen molar-refractivity contribution in [3.8, 4) is 5.88 Å². The Bertz CT molecular complexity index is 1450. The molecule has 0 saturated carbocycles. The molecule has 1 aromatic heterocycles. The van der Waals surface area contributed by atoms with E-state index in [2.05, 4.69) is 20.6 Å². The van der Waals surface area contributed by atoms with Crippen molar-refractivity contribution in [3.63, 3.8) is 0 Å². The van der Waals surface area contributed by atoms with Crippen LogP contribution in [-0.2, 0) is 16.0 Å². The lowest BCUT2D eigenvalue weighted by atomic mass is 9.68. The molecule has 1 spiro atoms. The topological polar surface area (TPSA) is 169 Å². The fourth-order valence-electron chi connectivity index (χ4n) is 5.44. The van der Waals surface area contributed by atoms with Crippen LogP contribution in [0.3, 0.4) is 0 Å². The predicted molar refractivity (Wildman–Crippen MR) is 134 cm³/mol. The maximum Gasteiger partial charge on any atom is 0.331 e. The minimum Gasteiger partial charge on any atom is -0.494 e. The summed E-state index contributed by atoms with van der Waals surface area (Å²) in [6, 6.07) is 3.57. The van der Waals surface area contributed by atoms with Crippen molar-refractivity contribution in [2.24, 2.45) is 10.4 Å². The van der Waals surface area contributed by atoms with Crippen LogP contribution in [0, 0.1) is 5.41 Å². The number of carbonyl (C=O) groups is 3. The molecule has 3 aliphatic rings. The Morgan fingerprint density at radius 3 is 2.49 bits per heavy atom. The van der Waals surface area contributed by atoms with E-state index in [1.54, 1.807) is 26.0 Å². The van der Waals surface area contributed by atoms with Crippen LogP contribution < -0.4 is 26.8 Å². The number of carbonyl (C=O) groups excluding carboxylic acids is 3. The standard InChI is InChI=1S/C24H27N7O6/c1-12(2)31-19(33)15(18(32)26-23(31)37)10-25-14-4-5-16-13(8-14)9-24(17-11-29(3)6-7-30(16)17)20(34)27-22(36)28-21(24)35/h4-5,8,10,12,17,33H,6-7,9,11H2,1-3H3,(H,26,32,37)(H2,27,28,34,35,36). The highest BCUT2D eigenvalue weighted by molar-refractivity contribution is 6.20. The lowest BCUT2D eigenvalue weighted by Crippen LogP contribution is -2.74. The van der Waals surface area contributed by atoms with Gasteiger partial charge in [-0.15, -0.1) is 0 Å². The van der Waals surface area contributed by atoms with Gasteiger partial charge in [0, 0.05) is 37.6 Å². The summed E-state index contributed by atoms with van der Waals surface area (Å²) in [7, 11) is 1.92. The van der Waals surface area contributed by atoms with E-state index in [4.69, 9.17) is 0 Å². The van der Waals surface area contributed by atoms with Crippen molar-refractivity contribution in [1.82, 2.24) is 25.1 Å². The molecule has 1 unspecified atom stereocenters. The summed E-state index contributed by atoms with van der Waals surface area (Å²) in [5, 5.41) is 15.0. The Hall–Kier alpha value is -4.26. The number of imide groups is 2. The first-order chi connectivity index (χ1) is 17.5. The highest BCUT2D eigenvalue weighted by Crippen LogP contribution is 2.45. The predicted octanol–water partition coefficient (Wildman–Crippen LogP) is -0.397. The van der Waals surface area contributed by atoms with E-state index in [0.29, 0.717) is 24.3 Å². The van der Waals surface area contributed by atoms with Gasteiger partial charge in [-0.2, -0.15) is 0 Å².